The van der Waals surface area contributed by atoms with Crippen molar-refractivity contribution >= 4 is 17.4 Å². The van der Waals surface area contributed by atoms with Crippen LogP contribution in [0.4, 0.5) is 11.4 Å². The first kappa shape index (κ1) is 20.3. The van der Waals surface area contributed by atoms with E-state index >= 15 is 0 Å². The highest BCUT2D eigenvalue weighted by molar-refractivity contribution is 5.93. The normalized spacial score (nSPS) is 20.9. The summed E-state index contributed by atoms with van der Waals surface area (Å²) in [6, 6.07) is 12.1. The molecular formula is C23H27N7O2. The van der Waals surface area contributed by atoms with Crippen molar-refractivity contribution in [1.29, 1.82) is 0 Å². The highest BCUT2D eigenvalue weighted by atomic mass is 16.5. The first-order chi connectivity index (χ1) is 15.3. The fraction of sp³-hybridized carbons (Fsp3) is 0.391. The molecule has 0 fully saturated rings. The van der Waals surface area contributed by atoms with Gasteiger partial charge >= 0.3 is 0 Å². The Labute approximate surface area is 186 Å². The van der Waals surface area contributed by atoms with Gasteiger partial charge in [-0.05, 0) is 68.7 Å². The van der Waals surface area contributed by atoms with Crippen molar-refractivity contribution in [2.45, 2.75) is 51.3 Å². The van der Waals surface area contributed by atoms with E-state index in [1.54, 1.807) is 11.9 Å². The molecule has 0 saturated heterocycles. The first-order valence-corrected chi connectivity index (χ1v) is 10.7. The maximum Gasteiger partial charge on any atom is 0.290 e. The van der Waals surface area contributed by atoms with E-state index in [0.29, 0.717) is 17.5 Å². The zero-order valence-electron chi connectivity index (χ0n) is 18.7. The second-order valence-corrected chi connectivity index (χ2v) is 9.10. The van der Waals surface area contributed by atoms with E-state index in [9.17, 15) is 0 Å². The van der Waals surface area contributed by atoms with E-state index in [0.717, 1.165) is 35.4 Å². The minimum Gasteiger partial charge on any atom is -0.496 e. The van der Waals surface area contributed by atoms with Crippen LogP contribution in [0, 0.1) is 0 Å². The second-order valence-electron chi connectivity index (χ2n) is 9.10. The predicted molar refractivity (Wildman–Crippen MR) is 122 cm³/mol. The Balaban J connectivity index is 1.53. The number of nitrogens with two attached hydrogens (primary N) is 1. The number of benzene rings is 2. The molecular weight excluding hydrogens is 406 g/mol. The Morgan fingerprint density at radius 2 is 2.09 bits per heavy atom. The average Bonchev–Trinajstić information content (AvgIpc) is 3.41. The zero-order valence-corrected chi connectivity index (χ0v) is 18.7. The van der Waals surface area contributed by atoms with Crippen molar-refractivity contribution in [3.8, 4) is 5.75 Å². The van der Waals surface area contributed by atoms with Crippen LogP contribution < -0.4 is 15.8 Å². The van der Waals surface area contributed by atoms with E-state index in [4.69, 9.17) is 20.2 Å². The van der Waals surface area contributed by atoms with Crippen molar-refractivity contribution in [3.05, 3.63) is 58.9 Å². The molecule has 0 radical (unpaired) electrons. The summed E-state index contributed by atoms with van der Waals surface area (Å²) in [5, 5.41) is 16.4. The molecule has 32 heavy (non-hydrogen) atoms. The molecule has 0 amide bonds. The summed E-state index contributed by atoms with van der Waals surface area (Å²) in [5.41, 5.74) is 10.5. The highest BCUT2D eigenvalue weighted by Crippen LogP contribution is 2.42. The van der Waals surface area contributed by atoms with Crippen LogP contribution in [0.25, 0.3) is 0 Å². The molecule has 2 aromatic carbocycles. The van der Waals surface area contributed by atoms with Gasteiger partial charge in [-0.15, -0.1) is 10.2 Å². The molecule has 2 aliphatic rings. The van der Waals surface area contributed by atoms with Crippen LogP contribution in [-0.2, 0) is 16.7 Å². The van der Waals surface area contributed by atoms with Gasteiger partial charge in [-0.25, -0.2) is 4.99 Å². The molecule has 2 heterocycles. The largest absolute Gasteiger partial charge is 0.496 e. The third-order valence-corrected chi connectivity index (χ3v) is 5.76. The van der Waals surface area contributed by atoms with Crippen molar-refractivity contribution in [3.63, 3.8) is 0 Å². The van der Waals surface area contributed by atoms with Gasteiger partial charge < -0.3 is 20.5 Å². The number of hydrogen-bond donors (Lipinski definition) is 2. The third kappa shape index (κ3) is 3.53. The highest BCUT2D eigenvalue weighted by Gasteiger charge is 2.33. The predicted octanol–water partition coefficient (Wildman–Crippen LogP) is 3.59. The van der Waals surface area contributed by atoms with Gasteiger partial charge in [0.25, 0.3) is 6.02 Å². The van der Waals surface area contributed by atoms with Crippen molar-refractivity contribution in [2.24, 2.45) is 4.99 Å². The molecule has 1 aliphatic carbocycles. The van der Waals surface area contributed by atoms with E-state index in [-0.39, 0.29) is 11.6 Å². The summed E-state index contributed by atoms with van der Waals surface area (Å²) in [4.78, 5) is 6.52. The van der Waals surface area contributed by atoms with Crippen molar-refractivity contribution in [1.82, 2.24) is 20.2 Å². The van der Waals surface area contributed by atoms with E-state index in [1.165, 1.54) is 5.56 Å². The van der Waals surface area contributed by atoms with Gasteiger partial charge in [0.05, 0.1) is 18.7 Å². The Morgan fingerprint density at radius 1 is 1.25 bits per heavy atom. The fourth-order valence-electron chi connectivity index (χ4n) is 4.17. The molecule has 2 atom stereocenters. The lowest BCUT2D eigenvalue weighted by molar-refractivity contribution is 0.212. The molecule has 0 bridgehead atoms. The molecule has 166 valence electrons. The number of nitrogen functional groups attached to an aromatic ring is 1. The minimum atomic E-state index is -0.567. The van der Waals surface area contributed by atoms with Crippen LogP contribution in [0.15, 0.2) is 41.4 Å². The van der Waals surface area contributed by atoms with Crippen LogP contribution in [-0.4, -0.2) is 33.3 Å². The molecule has 2 unspecified atom stereocenters. The number of hydrogen-bond acceptors (Lipinski definition) is 7. The number of methoxy groups -OCH3 is 1. The number of anilines is 2. The van der Waals surface area contributed by atoms with Crippen LogP contribution >= 0.6 is 0 Å². The number of nitrogens with one attached hydrogen (secondary N) is 1. The number of amidine groups is 1. The van der Waals surface area contributed by atoms with Crippen LogP contribution in [0.1, 0.15) is 61.9 Å². The number of aryl methyl sites for hydroxylation is 1. The van der Waals surface area contributed by atoms with Crippen molar-refractivity contribution in [2.75, 3.05) is 18.2 Å². The smallest absolute Gasteiger partial charge is 0.290 e. The number of rotatable bonds is 3. The Bertz CT molecular complexity index is 1200. The van der Waals surface area contributed by atoms with Crippen LogP contribution in [0.2, 0.25) is 0 Å². The SMILES string of the molecule is COc1cccc2c1C(N=C1Nc3ccc(N)cc3C(c3nnn(C(C)(C)C)n3)O1)CC2. The van der Waals surface area contributed by atoms with E-state index < -0.39 is 6.10 Å². The zero-order chi connectivity index (χ0) is 22.5. The van der Waals surface area contributed by atoms with Gasteiger partial charge in [0.2, 0.25) is 5.82 Å². The van der Waals surface area contributed by atoms with E-state index in [1.807, 2.05) is 51.1 Å². The minimum absolute atomic E-state index is 0.0575. The molecule has 3 N–H and O–H groups in total. The van der Waals surface area contributed by atoms with Gasteiger partial charge in [-0.2, -0.15) is 4.80 Å². The Morgan fingerprint density at radius 3 is 2.84 bits per heavy atom. The topological polar surface area (TPSA) is 112 Å². The van der Waals surface area contributed by atoms with Crippen molar-refractivity contribution < 1.29 is 9.47 Å². The molecule has 5 rings (SSSR count). The summed E-state index contributed by atoms with van der Waals surface area (Å²) >= 11 is 0. The Hall–Kier alpha value is -3.62. The molecule has 0 saturated carbocycles. The molecule has 9 heteroatoms. The van der Waals surface area contributed by atoms with Crippen LogP contribution in [0.3, 0.4) is 0 Å². The lowest BCUT2D eigenvalue weighted by Gasteiger charge is -2.28. The fourth-order valence-corrected chi connectivity index (χ4v) is 4.17. The lowest BCUT2D eigenvalue weighted by atomic mass is 10.0. The quantitative estimate of drug-likeness (QED) is 0.607. The summed E-state index contributed by atoms with van der Waals surface area (Å²) < 4.78 is 11.9. The van der Waals surface area contributed by atoms with Gasteiger partial charge in [-0.3, -0.25) is 0 Å². The van der Waals surface area contributed by atoms with E-state index in [2.05, 4.69) is 26.8 Å². The van der Waals surface area contributed by atoms with Gasteiger partial charge in [-0.1, -0.05) is 12.1 Å². The molecule has 9 nitrogen and oxygen atoms in total. The molecule has 1 aromatic heterocycles. The number of aromatic nitrogens is 4. The first-order valence-electron chi connectivity index (χ1n) is 10.7. The lowest BCUT2D eigenvalue weighted by Crippen LogP contribution is -2.29. The number of nitrogens with zero attached hydrogens (tertiary/aromatic N) is 5. The summed E-state index contributed by atoms with van der Waals surface area (Å²) in [5.74, 6) is 1.31. The molecule has 3 aromatic rings. The van der Waals surface area contributed by atoms with Gasteiger partial charge in [0, 0.05) is 22.5 Å². The van der Waals surface area contributed by atoms with Crippen LogP contribution in [0.5, 0.6) is 5.75 Å². The maximum absolute atomic E-state index is 6.29. The summed E-state index contributed by atoms with van der Waals surface area (Å²) in [7, 11) is 1.69. The molecule has 1 aliphatic heterocycles. The average molecular weight is 434 g/mol. The maximum atomic E-state index is 6.29. The standard InChI is InChI=1S/C23H27N7O2/c1-23(2,3)30-28-21(27-29-30)20-15-12-14(24)9-11-16(15)25-22(32-20)26-17-10-8-13-6-5-7-18(31-4)19(13)17/h5-7,9,11-12,17,20H,8,10,24H2,1-4H3,(H,25,26). The number of fused-ring (bicyclic) bond motifs is 2. The second kappa shape index (κ2) is 7.51. The number of tetrazole rings is 1. The molecule has 0 spiro atoms. The third-order valence-electron chi connectivity index (χ3n) is 5.76. The van der Waals surface area contributed by atoms with Gasteiger partial charge in [0.15, 0.2) is 6.10 Å². The Kier molecular flexibility index (Phi) is 4.76. The monoisotopic (exact) mass is 433 g/mol. The van der Waals surface area contributed by atoms with Gasteiger partial charge in [0.1, 0.15) is 5.75 Å². The summed E-state index contributed by atoms with van der Waals surface area (Å²) in [6.07, 6.45) is 1.27. The number of ether oxygens (including phenoxy) is 2. The number of aliphatic imine (C=N–C) groups is 1. The summed E-state index contributed by atoms with van der Waals surface area (Å²) in [6.45, 7) is 6.06.